The Bertz CT molecular complexity index is 397. The zero-order valence-electron chi connectivity index (χ0n) is 8.16. The van der Waals surface area contributed by atoms with E-state index in [1.165, 1.54) is 0 Å². The minimum Gasteiger partial charge on any atom is -0.335 e. The SMILES string of the molecule is Cc1cn(C2CCS(=O)CC2)c(=S)[nH]1. The van der Waals surface area contributed by atoms with E-state index >= 15 is 0 Å². The minimum absolute atomic E-state index is 0.449. The van der Waals surface area contributed by atoms with Crippen molar-refractivity contribution in [2.24, 2.45) is 0 Å². The predicted octanol–water partition coefficient (Wildman–Crippen LogP) is 1.94. The number of aryl methyl sites for hydroxylation is 1. The van der Waals surface area contributed by atoms with Gasteiger partial charge in [0.2, 0.25) is 0 Å². The van der Waals surface area contributed by atoms with Crippen LogP contribution in [0.25, 0.3) is 0 Å². The van der Waals surface area contributed by atoms with Crippen LogP contribution in [0.3, 0.4) is 0 Å². The highest BCUT2D eigenvalue weighted by atomic mass is 32.2. The maximum atomic E-state index is 11.2. The number of aromatic amines is 1. The molecule has 0 aliphatic carbocycles. The largest absolute Gasteiger partial charge is 0.335 e. The summed E-state index contributed by atoms with van der Waals surface area (Å²) >= 11 is 5.21. The number of imidazole rings is 1. The summed E-state index contributed by atoms with van der Waals surface area (Å²) in [6.45, 7) is 2.01. The highest BCUT2D eigenvalue weighted by molar-refractivity contribution is 7.85. The van der Waals surface area contributed by atoms with E-state index in [0.29, 0.717) is 6.04 Å². The van der Waals surface area contributed by atoms with Gasteiger partial charge in [0.1, 0.15) is 0 Å². The van der Waals surface area contributed by atoms with Crippen LogP contribution in [-0.4, -0.2) is 25.3 Å². The minimum atomic E-state index is -0.592. The second-order valence-corrected chi connectivity index (χ2v) is 5.81. The van der Waals surface area contributed by atoms with Gasteiger partial charge in [-0.1, -0.05) is 0 Å². The van der Waals surface area contributed by atoms with Crippen LogP contribution < -0.4 is 0 Å². The molecule has 1 aliphatic rings. The van der Waals surface area contributed by atoms with E-state index in [2.05, 4.69) is 15.7 Å². The Hall–Kier alpha value is -0.420. The molecule has 1 aliphatic heterocycles. The third kappa shape index (κ3) is 1.98. The zero-order chi connectivity index (χ0) is 10.1. The van der Waals surface area contributed by atoms with Crippen molar-refractivity contribution in [3.63, 3.8) is 0 Å². The molecule has 0 saturated carbocycles. The van der Waals surface area contributed by atoms with Gasteiger partial charge in [-0.3, -0.25) is 4.21 Å². The van der Waals surface area contributed by atoms with Gasteiger partial charge in [-0.15, -0.1) is 0 Å². The number of nitrogens with one attached hydrogen (secondary N) is 1. The summed E-state index contributed by atoms with van der Waals surface area (Å²) in [7, 11) is -0.592. The quantitative estimate of drug-likeness (QED) is 0.749. The van der Waals surface area contributed by atoms with Crippen molar-refractivity contribution in [1.82, 2.24) is 9.55 Å². The molecule has 1 fully saturated rings. The molecule has 0 spiro atoms. The third-order valence-electron chi connectivity index (χ3n) is 2.62. The standard InChI is InChI=1S/C9H14N2OS2/c1-7-6-11(9(13)10-7)8-2-4-14(12)5-3-8/h6,8H,2-5H2,1H3,(H,10,13). The smallest absolute Gasteiger partial charge is 0.177 e. The molecule has 0 amide bonds. The van der Waals surface area contributed by atoms with Gasteiger partial charge in [0.05, 0.1) is 0 Å². The van der Waals surface area contributed by atoms with Crippen molar-refractivity contribution >= 4 is 23.0 Å². The summed E-state index contributed by atoms with van der Waals surface area (Å²) in [4.78, 5) is 3.12. The molecule has 0 bridgehead atoms. The van der Waals surface area contributed by atoms with Gasteiger partial charge in [-0.25, -0.2) is 0 Å². The molecular weight excluding hydrogens is 216 g/mol. The fraction of sp³-hybridized carbons (Fsp3) is 0.667. The average molecular weight is 230 g/mol. The molecule has 78 valence electrons. The number of H-pyrrole nitrogens is 1. The highest BCUT2D eigenvalue weighted by Gasteiger charge is 2.19. The molecule has 1 N–H and O–H groups in total. The molecule has 2 heterocycles. The molecule has 5 heteroatoms. The van der Waals surface area contributed by atoms with E-state index in [1.807, 2.05) is 6.92 Å². The summed E-state index contributed by atoms with van der Waals surface area (Å²) in [5.41, 5.74) is 1.10. The summed E-state index contributed by atoms with van der Waals surface area (Å²) in [5, 5.41) is 0. The molecule has 0 unspecified atom stereocenters. The number of hydrogen-bond acceptors (Lipinski definition) is 2. The van der Waals surface area contributed by atoms with Crippen molar-refractivity contribution in [2.75, 3.05) is 11.5 Å². The number of hydrogen-bond donors (Lipinski definition) is 1. The molecule has 1 saturated heterocycles. The van der Waals surface area contributed by atoms with E-state index in [4.69, 9.17) is 12.2 Å². The first kappa shape index (κ1) is 10.1. The first-order valence-corrected chi connectivity index (χ1v) is 6.69. The normalized spacial score (nSPS) is 27.8. The molecular formula is C9H14N2OS2. The van der Waals surface area contributed by atoms with Crippen LogP contribution in [0.1, 0.15) is 24.6 Å². The van der Waals surface area contributed by atoms with Crippen LogP contribution in [0, 0.1) is 11.7 Å². The summed E-state index contributed by atoms with van der Waals surface area (Å²) in [6, 6.07) is 0.449. The Morgan fingerprint density at radius 2 is 2.21 bits per heavy atom. The molecule has 0 atom stereocenters. The van der Waals surface area contributed by atoms with Gasteiger partial charge < -0.3 is 9.55 Å². The summed E-state index contributed by atoms with van der Waals surface area (Å²) in [5.74, 6) is 1.63. The van der Waals surface area contributed by atoms with Crippen molar-refractivity contribution in [3.05, 3.63) is 16.7 Å². The second-order valence-electron chi connectivity index (χ2n) is 3.73. The van der Waals surface area contributed by atoms with E-state index in [-0.39, 0.29) is 0 Å². The molecule has 3 nitrogen and oxygen atoms in total. The summed E-state index contributed by atoms with van der Waals surface area (Å²) < 4.78 is 14.1. The highest BCUT2D eigenvalue weighted by Crippen LogP contribution is 2.22. The van der Waals surface area contributed by atoms with Crippen molar-refractivity contribution in [1.29, 1.82) is 0 Å². The molecule has 1 aromatic heterocycles. The Morgan fingerprint density at radius 3 is 2.71 bits per heavy atom. The maximum absolute atomic E-state index is 11.2. The topological polar surface area (TPSA) is 37.8 Å². The Labute approximate surface area is 91.0 Å². The predicted molar refractivity (Wildman–Crippen MR) is 60.5 cm³/mol. The number of aromatic nitrogens is 2. The van der Waals surface area contributed by atoms with Crippen LogP contribution in [-0.2, 0) is 10.8 Å². The van der Waals surface area contributed by atoms with Crippen LogP contribution in [0.5, 0.6) is 0 Å². The lowest BCUT2D eigenvalue weighted by Crippen LogP contribution is -2.21. The monoisotopic (exact) mass is 230 g/mol. The van der Waals surface area contributed by atoms with E-state index in [9.17, 15) is 4.21 Å². The van der Waals surface area contributed by atoms with Gasteiger partial charge >= 0.3 is 0 Å². The van der Waals surface area contributed by atoms with Crippen LogP contribution >= 0.6 is 12.2 Å². The Morgan fingerprint density at radius 1 is 1.57 bits per heavy atom. The molecule has 2 rings (SSSR count). The van der Waals surface area contributed by atoms with Crippen LogP contribution in [0.2, 0.25) is 0 Å². The second kappa shape index (κ2) is 3.98. The fourth-order valence-corrected chi connectivity index (χ4v) is 3.50. The van der Waals surface area contributed by atoms with Crippen molar-refractivity contribution < 1.29 is 4.21 Å². The van der Waals surface area contributed by atoms with Crippen LogP contribution in [0.15, 0.2) is 6.20 Å². The average Bonchev–Trinajstić information content (AvgIpc) is 2.47. The zero-order valence-corrected chi connectivity index (χ0v) is 9.79. The van der Waals surface area contributed by atoms with Gasteiger partial charge in [-0.2, -0.15) is 0 Å². The number of nitrogens with zero attached hydrogens (tertiary/aromatic N) is 1. The maximum Gasteiger partial charge on any atom is 0.177 e. The first-order chi connectivity index (χ1) is 6.66. The van der Waals surface area contributed by atoms with Crippen molar-refractivity contribution in [3.8, 4) is 0 Å². The molecule has 0 radical (unpaired) electrons. The van der Waals surface area contributed by atoms with Crippen LogP contribution in [0.4, 0.5) is 0 Å². The van der Waals surface area contributed by atoms with Gasteiger partial charge in [0.15, 0.2) is 4.77 Å². The first-order valence-electron chi connectivity index (χ1n) is 4.79. The van der Waals surface area contributed by atoms with Crippen molar-refractivity contribution in [2.45, 2.75) is 25.8 Å². The molecule has 14 heavy (non-hydrogen) atoms. The van der Waals surface area contributed by atoms with E-state index in [1.54, 1.807) is 0 Å². The Kier molecular flexibility index (Phi) is 2.88. The lowest BCUT2D eigenvalue weighted by atomic mass is 10.1. The number of rotatable bonds is 1. The lowest BCUT2D eigenvalue weighted by Gasteiger charge is -2.22. The van der Waals surface area contributed by atoms with E-state index in [0.717, 1.165) is 34.8 Å². The van der Waals surface area contributed by atoms with E-state index < -0.39 is 10.8 Å². The van der Waals surface area contributed by atoms with Gasteiger partial charge in [0.25, 0.3) is 0 Å². The third-order valence-corrected chi connectivity index (χ3v) is 4.32. The fourth-order valence-electron chi connectivity index (χ4n) is 1.86. The lowest BCUT2D eigenvalue weighted by molar-refractivity contribution is 0.457. The van der Waals surface area contributed by atoms with Gasteiger partial charge in [-0.05, 0) is 32.0 Å². The summed E-state index contributed by atoms with van der Waals surface area (Å²) in [6.07, 6.45) is 4.03. The molecule has 0 aromatic carbocycles. The van der Waals surface area contributed by atoms with Gasteiger partial charge in [0, 0.05) is 40.2 Å². The Balaban J connectivity index is 2.19. The molecule has 1 aromatic rings.